The number of amides is 1. The highest BCUT2D eigenvalue weighted by molar-refractivity contribution is 6.30. The standard InChI is InChI=1S/C13H19ClN2O/c1-8(9(2)15)13(17)16-10(3)11-4-6-12(14)7-5-11/h4-10H,15H2,1-3H3,(H,16,17)/t8?,9?,10-/m1/s1. The maximum atomic E-state index is 11.8. The molecule has 17 heavy (non-hydrogen) atoms. The first-order valence-corrected chi connectivity index (χ1v) is 6.11. The molecule has 1 amide bonds. The molecule has 4 heteroatoms. The zero-order chi connectivity index (χ0) is 13.0. The molecule has 94 valence electrons. The van der Waals surface area contributed by atoms with Crippen LogP contribution in [0.3, 0.4) is 0 Å². The van der Waals surface area contributed by atoms with E-state index in [9.17, 15) is 4.79 Å². The van der Waals surface area contributed by atoms with Crippen LogP contribution in [0.2, 0.25) is 5.02 Å². The molecule has 0 saturated heterocycles. The second kappa shape index (κ2) is 6.03. The van der Waals surface area contributed by atoms with Gasteiger partial charge >= 0.3 is 0 Å². The second-order valence-electron chi connectivity index (χ2n) is 4.43. The summed E-state index contributed by atoms with van der Waals surface area (Å²) in [5, 5.41) is 3.63. The maximum Gasteiger partial charge on any atom is 0.224 e. The molecule has 0 saturated carbocycles. The van der Waals surface area contributed by atoms with Gasteiger partial charge < -0.3 is 11.1 Å². The van der Waals surface area contributed by atoms with E-state index in [1.807, 2.05) is 45.0 Å². The number of carbonyl (C=O) groups excluding carboxylic acids is 1. The molecule has 0 aliphatic rings. The van der Waals surface area contributed by atoms with E-state index in [0.717, 1.165) is 5.56 Å². The van der Waals surface area contributed by atoms with Crippen molar-refractivity contribution in [2.45, 2.75) is 32.9 Å². The van der Waals surface area contributed by atoms with E-state index in [4.69, 9.17) is 17.3 Å². The van der Waals surface area contributed by atoms with Crippen molar-refractivity contribution in [1.29, 1.82) is 0 Å². The molecule has 1 aromatic rings. The Morgan fingerprint density at radius 2 is 1.76 bits per heavy atom. The van der Waals surface area contributed by atoms with Gasteiger partial charge in [0, 0.05) is 17.0 Å². The van der Waals surface area contributed by atoms with Crippen molar-refractivity contribution in [3.8, 4) is 0 Å². The Bertz CT molecular complexity index is 376. The van der Waals surface area contributed by atoms with Gasteiger partial charge in [0.2, 0.25) is 5.91 Å². The topological polar surface area (TPSA) is 55.1 Å². The number of nitrogens with two attached hydrogens (primary N) is 1. The minimum Gasteiger partial charge on any atom is -0.349 e. The Hall–Kier alpha value is -1.06. The van der Waals surface area contributed by atoms with Crippen LogP contribution in [0.1, 0.15) is 32.4 Å². The number of hydrogen-bond donors (Lipinski definition) is 2. The lowest BCUT2D eigenvalue weighted by atomic mass is 10.0. The fraction of sp³-hybridized carbons (Fsp3) is 0.462. The summed E-state index contributed by atoms with van der Waals surface area (Å²) in [6, 6.07) is 7.25. The number of nitrogens with one attached hydrogen (secondary N) is 1. The zero-order valence-electron chi connectivity index (χ0n) is 10.4. The number of rotatable bonds is 4. The molecule has 0 heterocycles. The Labute approximate surface area is 107 Å². The Morgan fingerprint density at radius 1 is 1.24 bits per heavy atom. The van der Waals surface area contributed by atoms with Crippen LogP contribution in [0.15, 0.2) is 24.3 Å². The highest BCUT2D eigenvalue weighted by atomic mass is 35.5. The summed E-state index contributed by atoms with van der Waals surface area (Å²) in [6.45, 7) is 5.60. The van der Waals surface area contributed by atoms with Crippen LogP contribution in [0.5, 0.6) is 0 Å². The van der Waals surface area contributed by atoms with Crippen molar-refractivity contribution in [2.75, 3.05) is 0 Å². The summed E-state index contributed by atoms with van der Waals surface area (Å²) >= 11 is 5.81. The van der Waals surface area contributed by atoms with Crippen LogP contribution in [0.4, 0.5) is 0 Å². The molecule has 0 fully saturated rings. The van der Waals surface area contributed by atoms with Gasteiger partial charge in [-0.2, -0.15) is 0 Å². The minimum absolute atomic E-state index is 0.0255. The molecule has 0 spiro atoms. The summed E-state index contributed by atoms with van der Waals surface area (Å²) in [7, 11) is 0. The van der Waals surface area contributed by atoms with Gasteiger partial charge in [0.1, 0.15) is 0 Å². The minimum atomic E-state index is -0.190. The zero-order valence-corrected chi connectivity index (χ0v) is 11.2. The molecule has 3 N–H and O–H groups in total. The van der Waals surface area contributed by atoms with Crippen LogP contribution in [-0.4, -0.2) is 11.9 Å². The summed E-state index contributed by atoms with van der Waals surface area (Å²) in [4.78, 5) is 11.8. The van der Waals surface area contributed by atoms with Crippen molar-refractivity contribution in [1.82, 2.24) is 5.32 Å². The van der Waals surface area contributed by atoms with Crippen LogP contribution in [0.25, 0.3) is 0 Å². The first kappa shape index (κ1) is 14.0. The monoisotopic (exact) mass is 254 g/mol. The largest absolute Gasteiger partial charge is 0.349 e. The average Bonchev–Trinajstić information content (AvgIpc) is 2.28. The number of benzene rings is 1. The molecule has 1 aromatic carbocycles. The van der Waals surface area contributed by atoms with E-state index in [-0.39, 0.29) is 23.9 Å². The van der Waals surface area contributed by atoms with Crippen molar-refractivity contribution < 1.29 is 4.79 Å². The molecule has 2 unspecified atom stereocenters. The fourth-order valence-electron chi connectivity index (χ4n) is 1.42. The molecule has 3 atom stereocenters. The van der Waals surface area contributed by atoms with Gasteiger partial charge in [0.05, 0.1) is 6.04 Å². The predicted molar refractivity (Wildman–Crippen MR) is 70.8 cm³/mol. The third-order valence-corrected chi connectivity index (χ3v) is 3.18. The van der Waals surface area contributed by atoms with Crippen LogP contribution >= 0.6 is 11.6 Å². The highest BCUT2D eigenvalue weighted by Gasteiger charge is 2.19. The van der Waals surface area contributed by atoms with Crippen molar-refractivity contribution in [3.05, 3.63) is 34.9 Å². The van der Waals surface area contributed by atoms with Gasteiger partial charge in [-0.3, -0.25) is 4.79 Å². The van der Waals surface area contributed by atoms with Crippen molar-refractivity contribution in [2.24, 2.45) is 11.7 Å². The third-order valence-electron chi connectivity index (χ3n) is 2.93. The third kappa shape index (κ3) is 4.02. The van der Waals surface area contributed by atoms with Gasteiger partial charge in [-0.1, -0.05) is 30.7 Å². The smallest absolute Gasteiger partial charge is 0.224 e. The van der Waals surface area contributed by atoms with Crippen molar-refractivity contribution in [3.63, 3.8) is 0 Å². The Kier molecular flexibility index (Phi) is 4.97. The van der Waals surface area contributed by atoms with Gasteiger partial charge in [-0.05, 0) is 31.5 Å². The SMILES string of the molecule is CC(N)C(C)C(=O)N[C@H](C)c1ccc(Cl)cc1. The molecular weight excluding hydrogens is 236 g/mol. The highest BCUT2D eigenvalue weighted by Crippen LogP contribution is 2.16. The average molecular weight is 255 g/mol. The fourth-order valence-corrected chi connectivity index (χ4v) is 1.54. The van der Waals surface area contributed by atoms with Crippen molar-refractivity contribution >= 4 is 17.5 Å². The molecule has 3 nitrogen and oxygen atoms in total. The van der Waals surface area contributed by atoms with E-state index < -0.39 is 0 Å². The van der Waals surface area contributed by atoms with E-state index >= 15 is 0 Å². The van der Waals surface area contributed by atoms with Gasteiger partial charge in [0.15, 0.2) is 0 Å². The van der Waals surface area contributed by atoms with Crippen LogP contribution in [-0.2, 0) is 4.79 Å². The predicted octanol–water partition coefficient (Wildman–Crippen LogP) is 2.50. The first-order chi connectivity index (χ1) is 7.91. The number of carbonyl (C=O) groups is 1. The lowest BCUT2D eigenvalue weighted by molar-refractivity contribution is -0.125. The normalized spacial score (nSPS) is 16.1. The molecule has 0 aromatic heterocycles. The molecule has 0 aliphatic heterocycles. The second-order valence-corrected chi connectivity index (χ2v) is 4.87. The lowest BCUT2D eigenvalue weighted by Gasteiger charge is -2.20. The van der Waals surface area contributed by atoms with E-state index in [0.29, 0.717) is 5.02 Å². The van der Waals surface area contributed by atoms with Crippen LogP contribution < -0.4 is 11.1 Å². The maximum absolute atomic E-state index is 11.8. The Morgan fingerprint density at radius 3 is 2.24 bits per heavy atom. The van der Waals surface area contributed by atoms with Gasteiger partial charge in [-0.25, -0.2) is 0 Å². The number of halogens is 1. The van der Waals surface area contributed by atoms with Gasteiger partial charge in [0.25, 0.3) is 0 Å². The van der Waals surface area contributed by atoms with E-state index in [1.165, 1.54) is 0 Å². The Balaban J connectivity index is 2.63. The molecular formula is C13H19ClN2O. The van der Waals surface area contributed by atoms with E-state index in [2.05, 4.69) is 5.32 Å². The molecule has 0 radical (unpaired) electrons. The lowest BCUT2D eigenvalue weighted by Crippen LogP contribution is -2.39. The molecule has 1 rings (SSSR count). The summed E-state index contributed by atoms with van der Waals surface area (Å²) in [5.74, 6) is -0.216. The van der Waals surface area contributed by atoms with E-state index in [1.54, 1.807) is 0 Å². The number of hydrogen-bond acceptors (Lipinski definition) is 2. The molecule has 0 aliphatic carbocycles. The van der Waals surface area contributed by atoms with Gasteiger partial charge in [-0.15, -0.1) is 0 Å². The summed E-state index contributed by atoms with van der Waals surface area (Å²) in [6.07, 6.45) is 0. The molecule has 0 bridgehead atoms. The summed E-state index contributed by atoms with van der Waals surface area (Å²) < 4.78 is 0. The van der Waals surface area contributed by atoms with Crippen LogP contribution in [0, 0.1) is 5.92 Å². The summed E-state index contributed by atoms with van der Waals surface area (Å²) in [5.41, 5.74) is 6.72. The first-order valence-electron chi connectivity index (χ1n) is 5.73. The quantitative estimate of drug-likeness (QED) is 0.868.